The van der Waals surface area contributed by atoms with E-state index in [4.69, 9.17) is 0 Å². The molecular weight excluding hydrogens is 372 g/mol. The molecule has 2 atom stereocenters. The number of carbonyl (C=O) groups is 2. The molecule has 0 radical (unpaired) electrons. The molecule has 1 aromatic heterocycles. The number of anilines is 1. The van der Waals surface area contributed by atoms with E-state index in [9.17, 15) is 14.7 Å². The number of benzene rings is 1. The van der Waals surface area contributed by atoms with Crippen molar-refractivity contribution in [3.05, 3.63) is 42.0 Å². The Hall–Kier alpha value is -3.23. The van der Waals surface area contributed by atoms with E-state index in [2.05, 4.69) is 33.7 Å². The van der Waals surface area contributed by atoms with Gasteiger partial charge < -0.3 is 14.6 Å². The van der Waals surface area contributed by atoms with Crippen molar-refractivity contribution < 1.29 is 14.7 Å². The predicted molar refractivity (Wildman–Crippen MR) is 107 cm³/mol. The third-order valence-electron chi connectivity index (χ3n) is 5.45. The zero-order chi connectivity index (χ0) is 20.7. The smallest absolute Gasteiger partial charge is 0.328 e. The number of fused-ring (bicyclic) bond motifs is 1. The number of carboxylic acid groups (broad SMARTS) is 1. The first-order valence-electron chi connectivity index (χ1n) is 9.77. The normalized spacial score (nSPS) is 21.3. The number of para-hydroxylation sites is 1. The molecule has 9 nitrogen and oxygen atoms in total. The van der Waals surface area contributed by atoms with Crippen molar-refractivity contribution in [2.45, 2.75) is 51.7 Å². The van der Waals surface area contributed by atoms with Crippen molar-refractivity contribution in [1.82, 2.24) is 19.7 Å². The first kappa shape index (κ1) is 19.1. The van der Waals surface area contributed by atoms with Crippen molar-refractivity contribution in [2.75, 3.05) is 11.6 Å². The second-order valence-corrected chi connectivity index (χ2v) is 7.68. The third-order valence-corrected chi connectivity index (χ3v) is 5.45. The van der Waals surface area contributed by atoms with Gasteiger partial charge in [0, 0.05) is 25.4 Å². The molecule has 1 amide bonds. The molecule has 2 unspecified atom stereocenters. The number of nitrogens with zero attached hydrogens (tertiary/aromatic N) is 6. The van der Waals surface area contributed by atoms with Gasteiger partial charge in [-0.05, 0) is 19.1 Å². The highest BCUT2D eigenvalue weighted by Gasteiger charge is 2.40. The molecule has 152 valence electrons. The van der Waals surface area contributed by atoms with E-state index in [1.807, 2.05) is 25.1 Å². The fourth-order valence-corrected chi connectivity index (χ4v) is 3.93. The van der Waals surface area contributed by atoms with Crippen LogP contribution in [0.15, 0.2) is 35.4 Å². The quantitative estimate of drug-likeness (QED) is 0.848. The average molecular weight is 396 g/mol. The fourth-order valence-electron chi connectivity index (χ4n) is 3.93. The minimum absolute atomic E-state index is 0.0657. The van der Waals surface area contributed by atoms with Crippen LogP contribution in [0.3, 0.4) is 0 Å². The molecule has 1 aromatic carbocycles. The Balaban J connectivity index is 1.60. The Morgan fingerprint density at radius 2 is 1.86 bits per heavy atom. The highest BCUT2D eigenvalue weighted by molar-refractivity contribution is 6.40. The van der Waals surface area contributed by atoms with Gasteiger partial charge in [-0.25, -0.2) is 4.79 Å². The van der Waals surface area contributed by atoms with Gasteiger partial charge in [0.15, 0.2) is 11.9 Å². The zero-order valence-corrected chi connectivity index (χ0v) is 16.7. The first-order chi connectivity index (χ1) is 13.9. The molecular formula is C20H24N6O3. The topological polar surface area (TPSA) is 104 Å². The van der Waals surface area contributed by atoms with Gasteiger partial charge in [-0.2, -0.15) is 5.10 Å². The molecule has 2 aliphatic heterocycles. The maximum atomic E-state index is 13.2. The van der Waals surface area contributed by atoms with E-state index >= 15 is 0 Å². The maximum absolute atomic E-state index is 13.2. The summed E-state index contributed by atoms with van der Waals surface area (Å²) in [5, 5.41) is 24.0. The minimum Gasteiger partial charge on any atom is -0.480 e. The molecule has 1 N–H and O–H groups in total. The number of hydrazone groups is 1. The Labute approximate surface area is 168 Å². The highest BCUT2D eigenvalue weighted by atomic mass is 16.4. The first-order valence-corrected chi connectivity index (χ1v) is 9.77. The Morgan fingerprint density at radius 1 is 1.14 bits per heavy atom. The Bertz CT molecular complexity index is 968. The number of carboxylic acids is 1. The predicted octanol–water partition coefficient (Wildman–Crippen LogP) is 2.02. The molecule has 0 bridgehead atoms. The van der Waals surface area contributed by atoms with Crippen molar-refractivity contribution in [3.63, 3.8) is 0 Å². The fraction of sp³-hybridized carbons (Fsp3) is 0.450. The SMILES string of the molecule is CC(C)c1nnc2n1CCN(C(=O)C1=NN(c3ccccc3)C(C(=O)O)C1)C2C. The van der Waals surface area contributed by atoms with Gasteiger partial charge in [0.05, 0.1) is 11.7 Å². The standard InChI is InChI=1S/C20H24N6O3/c1-12(2)17-21-22-18-13(3)24(9-10-25(17)18)19(27)15-11-16(20(28)29)26(23-15)14-7-5-4-6-8-14/h4-8,12-13,16H,9-11H2,1-3H3,(H,28,29). The molecule has 4 rings (SSSR count). The molecule has 0 fully saturated rings. The largest absolute Gasteiger partial charge is 0.480 e. The molecule has 2 aromatic rings. The summed E-state index contributed by atoms with van der Waals surface area (Å²) in [5.74, 6) is 0.663. The van der Waals surface area contributed by atoms with Crippen LogP contribution in [0.25, 0.3) is 0 Å². The lowest BCUT2D eigenvalue weighted by Gasteiger charge is -2.33. The van der Waals surface area contributed by atoms with Crippen LogP contribution in [0.1, 0.15) is 50.8 Å². The van der Waals surface area contributed by atoms with Gasteiger partial charge in [-0.15, -0.1) is 10.2 Å². The molecule has 2 aliphatic rings. The monoisotopic (exact) mass is 396 g/mol. The van der Waals surface area contributed by atoms with Crippen LogP contribution in [-0.2, 0) is 16.1 Å². The van der Waals surface area contributed by atoms with Crippen LogP contribution < -0.4 is 5.01 Å². The second kappa shape index (κ2) is 7.31. The van der Waals surface area contributed by atoms with Crippen molar-refractivity contribution in [1.29, 1.82) is 0 Å². The van der Waals surface area contributed by atoms with Gasteiger partial charge in [0.2, 0.25) is 0 Å². The van der Waals surface area contributed by atoms with Crippen LogP contribution in [0.2, 0.25) is 0 Å². The second-order valence-electron chi connectivity index (χ2n) is 7.68. The lowest BCUT2D eigenvalue weighted by atomic mass is 10.1. The summed E-state index contributed by atoms with van der Waals surface area (Å²) in [4.78, 5) is 26.7. The van der Waals surface area contributed by atoms with Crippen molar-refractivity contribution >= 4 is 23.3 Å². The van der Waals surface area contributed by atoms with Crippen molar-refractivity contribution in [3.8, 4) is 0 Å². The number of aromatic nitrogens is 3. The zero-order valence-electron chi connectivity index (χ0n) is 16.7. The van der Waals surface area contributed by atoms with Gasteiger partial charge >= 0.3 is 5.97 Å². The number of amides is 1. The van der Waals surface area contributed by atoms with Crippen LogP contribution in [0.5, 0.6) is 0 Å². The molecule has 9 heteroatoms. The third kappa shape index (κ3) is 3.26. The molecule has 0 spiro atoms. The molecule has 0 saturated carbocycles. The molecule has 0 saturated heterocycles. The van der Waals surface area contributed by atoms with Gasteiger partial charge in [0.1, 0.15) is 11.5 Å². The van der Waals surface area contributed by atoms with Crippen LogP contribution >= 0.6 is 0 Å². The van der Waals surface area contributed by atoms with E-state index < -0.39 is 12.0 Å². The minimum atomic E-state index is -1.01. The lowest BCUT2D eigenvalue weighted by molar-refractivity contribution is -0.138. The number of carbonyl (C=O) groups excluding carboxylic acids is 1. The van der Waals surface area contributed by atoms with Gasteiger partial charge in [0.25, 0.3) is 5.91 Å². The number of hydrogen-bond donors (Lipinski definition) is 1. The molecule has 0 aliphatic carbocycles. The van der Waals surface area contributed by atoms with Crippen LogP contribution in [0, 0.1) is 0 Å². The van der Waals surface area contributed by atoms with Crippen molar-refractivity contribution in [2.24, 2.45) is 5.10 Å². The Morgan fingerprint density at radius 3 is 2.52 bits per heavy atom. The van der Waals surface area contributed by atoms with E-state index in [-0.39, 0.29) is 30.0 Å². The number of rotatable bonds is 4. The van der Waals surface area contributed by atoms with E-state index in [1.165, 1.54) is 5.01 Å². The van der Waals surface area contributed by atoms with Crippen LogP contribution in [-0.4, -0.2) is 54.9 Å². The number of hydrogen-bond acceptors (Lipinski definition) is 6. The molecule has 3 heterocycles. The summed E-state index contributed by atoms with van der Waals surface area (Å²) in [6, 6.07) is 7.89. The average Bonchev–Trinajstić information content (AvgIpc) is 3.34. The summed E-state index contributed by atoms with van der Waals surface area (Å²) in [6.07, 6.45) is 0.0657. The maximum Gasteiger partial charge on any atom is 0.328 e. The summed E-state index contributed by atoms with van der Waals surface area (Å²) >= 11 is 0. The summed E-state index contributed by atoms with van der Waals surface area (Å²) in [7, 11) is 0. The summed E-state index contributed by atoms with van der Waals surface area (Å²) in [6.45, 7) is 7.17. The highest BCUT2D eigenvalue weighted by Crippen LogP contribution is 2.30. The summed E-state index contributed by atoms with van der Waals surface area (Å²) < 4.78 is 2.08. The van der Waals surface area contributed by atoms with Gasteiger partial charge in [-0.1, -0.05) is 32.0 Å². The molecule has 29 heavy (non-hydrogen) atoms. The lowest BCUT2D eigenvalue weighted by Crippen LogP contribution is -2.44. The van der Waals surface area contributed by atoms with E-state index in [0.717, 1.165) is 11.6 Å². The summed E-state index contributed by atoms with van der Waals surface area (Å²) in [5.41, 5.74) is 0.904. The number of aliphatic carboxylic acids is 1. The Kier molecular flexibility index (Phi) is 4.81. The van der Waals surface area contributed by atoms with Crippen LogP contribution in [0.4, 0.5) is 5.69 Å². The van der Waals surface area contributed by atoms with Gasteiger partial charge in [-0.3, -0.25) is 9.80 Å². The van der Waals surface area contributed by atoms with E-state index in [1.54, 1.807) is 17.0 Å². The van der Waals surface area contributed by atoms with E-state index in [0.29, 0.717) is 18.8 Å².